The van der Waals surface area contributed by atoms with Gasteiger partial charge in [-0.3, -0.25) is 4.79 Å². The molecule has 1 unspecified atom stereocenters. The Kier molecular flexibility index (Phi) is 5.73. The van der Waals surface area contributed by atoms with Crippen molar-refractivity contribution in [3.05, 3.63) is 81.0 Å². The maximum Gasteiger partial charge on any atom is 0.349 e. The Morgan fingerprint density at radius 1 is 1.18 bits per heavy atom. The van der Waals surface area contributed by atoms with Crippen molar-refractivity contribution in [2.24, 2.45) is 0 Å². The zero-order valence-electron chi connectivity index (χ0n) is 16.4. The Morgan fingerprint density at radius 3 is 2.50 bits per heavy atom. The molecule has 0 bridgehead atoms. The molecule has 28 heavy (non-hydrogen) atoms. The number of benzene rings is 1. The average molecular weight is 381 g/mol. The SMILES string of the molecule is Cc1noc(C(C)N(C)C(=O)c2c(C)cc(CCc3ccccc3)oc2=O)n1. The second-order valence-electron chi connectivity index (χ2n) is 6.82. The van der Waals surface area contributed by atoms with Gasteiger partial charge in [0.05, 0.1) is 0 Å². The molecule has 0 spiro atoms. The van der Waals surface area contributed by atoms with Gasteiger partial charge in [-0.05, 0) is 44.4 Å². The summed E-state index contributed by atoms with van der Waals surface area (Å²) in [5, 5.41) is 3.74. The van der Waals surface area contributed by atoms with Crippen LogP contribution in [0.1, 0.15) is 51.9 Å². The van der Waals surface area contributed by atoms with Crippen LogP contribution in [0.15, 0.2) is 50.1 Å². The van der Waals surface area contributed by atoms with Crippen LogP contribution in [0.5, 0.6) is 0 Å². The monoisotopic (exact) mass is 381 g/mol. The van der Waals surface area contributed by atoms with Crippen LogP contribution in [0.2, 0.25) is 0 Å². The van der Waals surface area contributed by atoms with Gasteiger partial charge in [-0.2, -0.15) is 4.98 Å². The van der Waals surface area contributed by atoms with E-state index in [1.54, 1.807) is 33.9 Å². The topological polar surface area (TPSA) is 89.4 Å². The Balaban J connectivity index is 1.78. The third kappa shape index (κ3) is 4.19. The first kappa shape index (κ1) is 19.5. The van der Waals surface area contributed by atoms with Crippen molar-refractivity contribution in [2.75, 3.05) is 7.05 Å². The highest BCUT2D eigenvalue weighted by Gasteiger charge is 2.27. The molecule has 0 saturated carbocycles. The molecule has 0 saturated heterocycles. The summed E-state index contributed by atoms with van der Waals surface area (Å²) >= 11 is 0. The zero-order chi connectivity index (χ0) is 20.3. The average Bonchev–Trinajstić information content (AvgIpc) is 3.11. The van der Waals surface area contributed by atoms with Crippen molar-refractivity contribution >= 4 is 5.91 Å². The lowest BCUT2D eigenvalue weighted by Crippen LogP contribution is -2.34. The lowest BCUT2D eigenvalue weighted by atomic mass is 10.1. The van der Waals surface area contributed by atoms with E-state index in [0.717, 1.165) is 12.0 Å². The van der Waals surface area contributed by atoms with Crippen molar-refractivity contribution in [1.82, 2.24) is 15.0 Å². The fourth-order valence-corrected chi connectivity index (χ4v) is 2.97. The molecular formula is C21H23N3O4. The van der Waals surface area contributed by atoms with Crippen LogP contribution in [0, 0.1) is 13.8 Å². The number of aromatic nitrogens is 2. The number of nitrogens with zero attached hydrogens (tertiary/aromatic N) is 3. The number of aryl methyl sites for hydroxylation is 4. The van der Waals surface area contributed by atoms with Crippen molar-refractivity contribution in [3.8, 4) is 0 Å². The minimum atomic E-state index is -0.631. The van der Waals surface area contributed by atoms with E-state index in [1.807, 2.05) is 30.3 Å². The van der Waals surface area contributed by atoms with E-state index in [2.05, 4.69) is 10.1 Å². The summed E-state index contributed by atoms with van der Waals surface area (Å²) in [4.78, 5) is 30.9. The van der Waals surface area contributed by atoms with Crippen LogP contribution in [-0.4, -0.2) is 28.0 Å². The van der Waals surface area contributed by atoms with Crippen LogP contribution >= 0.6 is 0 Å². The summed E-state index contributed by atoms with van der Waals surface area (Å²) in [5.74, 6) is 0.923. The Labute approximate surface area is 163 Å². The lowest BCUT2D eigenvalue weighted by molar-refractivity contribution is 0.0710. The molecule has 0 aliphatic heterocycles. The van der Waals surface area contributed by atoms with E-state index in [1.165, 1.54) is 4.90 Å². The fraction of sp³-hybridized carbons (Fsp3) is 0.333. The summed E-state index contributed by atoms with van der Waals surface area (Å²) in [6.45, 7) is 5.20. The Bertz CT molecular complexity index is 1020. The van der Waals surface area contributed by atoms with E-state index < -0.39 is 17.6 Å². The highest BCUT2D eigenvalue weighted by atomic mass is 16.5. The van der Waals surface area contributed by atoms with Crippen molar-refractivity contribution < 1.29 is 13.7 Å². The highest BCUT2D eigenvalue weighted by molar-refractivity contribution is 5.95. The number of amides is 1. The summed E-state index contributed by atoms with van der Waals surface area (Å²) in [5.41, 5.74) is 1.14. The van der Waals surface area contributed by atoms with E-state index in [9.17, 15) is 9.59 Å². The normalized spacial score (nSPS) is 12.0. The molecule has 7 nitrogen and oxygen atoms in total. The first-order valence-electron chi connectivity index (χ1n) is 9.11. The minimum Gasteiger partial charge on any atom is -0.427 e. The number of carbonyl (C=O) groups excluding carboxylic acids is 1. The van der Waals surface area contributed by atoms with Gasteiger partial charge in [-0.25, -0.2) is 4.79 Å². The van der Waals surface area contributed by atoms with Gasteiger partial charge in [-0.1, -0.05) is 35.5 Å². The van der Waals surface area contributed by atoms with Crippen molar-refractivity contribution in [1.29, 1.82) is 0 Å². The van der Waals surface area contributed by atoms with Gasteiger partial charge in [0.1, 0.15) is 17.4 Å². The quantitative estimate of drug-likeness (QED) is 0.651. The minimum absolute atomic E-state index is 0.0223. The van der Waals surface area contributed by atoms with Crippen LogP contribution in [0.25, 0.3) is 0 Å². The van der Waals surface area contributed by atoms with Crippen LogP contribution in [0.4, 0.5) is 0 Å². The van der Waals surface area contributed by atoms with Gasteiger partial charge in [0.25, 0.3) is 5.91 Å². The molecule has 0 radical (unpaired) electrons. The zero-order valence-corrected chi connectivity index (χ0v) is 16.4. The molecule has 2 aromatic heterocycles. The Morgan fingerprint density at radius 2 is 1.89 bits per heavy atom. The number of hydrogen-bond acceptors (Lipinski definition) is 6. The van der Waals surface area contributed by atoms with E-state index in [4.69, 9.17) is 8.94 Å². The van der Waals surface area contributed by atoms with Crippen molar-refractivity contribution in [2.45, 2.75) is 39.7 Å². The van der Waals surface area contributed by atoms with Crippen LogP contribution in [-0.2, 0) is 12.8 Å². The molecule has 1 atom stereocenters. The molecule has 3 aromatic rings. The molecule has 0 N–H and O–H groups in total. The molecule has 1 amide bonds. The molecular weight excluding hydrogens is 358 g/mol. The second kappa shape index (κ2) is 8.21. The summed E-state index contributed by atoms with van der Waals surface area (Å²) in [6, 6.07) is 11.2. The standard InChI is InChI=1S/C21H23N3O4/c1-13-12-17(11-10-16-8-6-5-7-9-16)27-21(26)18(13)20(25)24(4)14(2)19-22-15(3)23-28-19/h5-9,12,14H,10-11H2,1-4H3. The molecule has 0 aliphatic carbocycles. The van der Waals surface area contributed by atoms with Crippen LogP contribution in [0.3, 0.4) is 0 Å². The highest BCUT2D eigenvalue weighted by Crippen LogP contribution is 2.20. The largest absolute Gasteiger partial charge is 0.427 e. The van der Waals surface area contributed by atoms with Gasteiger partial charge < -0.3 is 13.8 Å². The molecule has 0 aliphatic rings. The molecule has 3 rings (SSSR count). The van der Waals surface area contributed by atoms with Gasteiger partial charge in [0.15, 0.2) is 5.82 Å². The van der Waals surface area contributed by atoms with Crippen LogP contribution < -0.4 is 5.63 Å². The van der Waals surface area contributed by atoms with Gasteiger partial charge >= 0.3 is 5.63 Å². The lowest BCUT2D eigenvalue weighted by Gasteiger charge is -2.22. The van der Waals surface area contributed by atoms with Gasteiger partial charge in [0, 0.05) is 13.5 Å². The molecule has 0 fully saturated rings. The summed E-state index contributed by atoms with van der Waals surface area (Å²) < 4.78 is 10.5. The Hall–Kier alpha value is -3.22. The van der Waals surface area contributed by atoms with E-state index in [-0.39, 0.29) is 5.56 Å². The predicted octanol–water partition coefficient (Wildman–Crippen LogP) is 3.26. The molecule has 7 heteroatoms. The number of rotatable bonds is 6. The third-order valence-electron chi connectivity index (χ3n) is 4.72. The first-order chi connectivity index (χ1) is 13.4. The van der Waals surface area contributed by atoms with E-state index >= 15 is 0 Å². The smallest absolute Gasteiger partial charge is 0.349 e. The molecule has 1 aromatic carbocycles. The van der Waals surface area contributed by atoms with Crippen molar-refractivity contribution in [3.63, 3.8) is 0 Å². The number of hydrogen-bond donors (Lipinski definition) is 0. The second-order valence-corrected chi connectivity index (χ2v) is 6.82. The van der Waals surface area contributed by atoms with Gasteiger partial charge in [-0.15, -0.1) is 0 Å². The third-order valence-corrected chi connectivity index (χ3v) is 4.72. The summed E-state index contributed by atoms with van der Waals surface area (Å²) in [7, 11) is 1.59. The fourth-order valence-electron chi connectivity index (χ4n) is 2.97. The molecule has 146 valence electrons. The molecule has 2 heterocycles. The predicted molar refractivity (Wildman–Crippen MR) is 103 cm³/mol. The van der Waals surface area contributed by atoms with E-state index in [0.29, 0.717) is 29.5 Å². The summed E-state index contributed by atoms with van der Waals surface area (Å²) in [6.07, 6.45) is 1.34. The maximum absolute atomic E-state index is 12.9. The van der Waals surface area contributed by atoms with Gasteiger partial charge in [0.2, 0.25) is 5.89 Å². The first-order valence-corrected chi connectivity index (χ1v) is 9.11. The number of carbonyl (C=O) groups is 1. The maximum atomic E-state index is 12.9.